The van der Waals surface area contributed by atoms with Crippen molar-refractivity contribution >= 4 is 15.5 Å². The van der Waals surface area contributed by atoms with Crippen molar-refractivity contribution in [2.24, 2.45) is 0 Å². The molecule has 0 radical (unpaired) electrons. The minimum absolute atomic E-state index is 0.337. The first-order valence-electron chi connectivity index (χ1n) is 6.61. The second-order valence-corrected chi connectivity index (χ2v) is 6.84. The van der Waals surface area contributed by atoms with Crippen LogP contribution in [0.1, 0.15) is 18.1 Å². The van der Waals surface area contributed by atoms with E-state index >= 15 is 0 Å². The molecule has 0 bridgehead atoms. The lowest BCUT2D eigenvalue weighted by molar-refractivity contribution is 0.602. The Morgan fingerprint density at radius 3 is 2.25 bits per heavy atom. The Bertz CT molecular complexity index is 676. The van der Waals surface area contributed by atoms with Gasteiger partial charge in [0.05, 0.1) is 4.90 Å². The molecule has 20 heavy (non-hydrogen) atoms. The number of aryl methyl sites for hydroxylation is 1. The molecule has 0 spiro atoms. The normalized spacial score (nSPS) is 11.3. The van der Waals surface area contributed by atoms with Gasteiger partial charge in [-0.25, -0.2) is 8.42 Å². The smallest absolute Gasteiger partial charge is 0.175 e. The molecule has 0 aliphatic rings. The summed E-state index contributed by atoms with van der Waals surface area (Å²) in [7, 11) is -3.16. The third-order valence-electron chi connectivity index (χ3n) is 3.19. The first-order valence-corrected chi connectivity index (χ1v) is 8.50. The van der Waals surface area contributed by atoms with Gasteiger partial charge in [0, 0.05) is 18.5 Å². The second-order valence-electron chi connectivity index (χ2n) is 4.82. The Kier molecular flexibility index (Phi) is 4.45. The number of nitrogens with one attached hydrogen (secondary N) is 1. The molecule has 4 heteroatoms. The van der Waals surface area contributed by atoms with E-state index < -0.39 is 9.84 Å². The fraction of sp³-hybridized carbons (Fsp3) is 0.250. The highest BCUT2D eigenvalue weighted by atomic mass is 32.2. The summed E-state index contributed by atoms with van der Waals surface area (Å²) in [4.78, 5) is 0.337. The van der Waals surface area contributed by atoms with Crippen LogP contribution in [-0.2, 0) is 22.8 Å². The molecule has 0 aromatic heterocycles. The number of hydrogen-bond donors (Lipinski definition) is 1. The van der Waals surface area contributed by atoms with E-state index in [1.807, 2.05) is 6.07 Å². The number of hydrogen-bond acceptors (Lipinski definition) is 3. The van der Waals surface area contributed by atoms with Crippen LogP contribution in [0.4, 0.5) is 5.69 Å². The van der Waals surface area contributed by atoms with Crippen molar-refractivity contribution < 1.29 is 8.42 Å². The van der Waals surface area contributed by atoms with Crippen molar-refractivity contribution in [2.45, 2.75) is 24.8 Å². The van der Waals surface area contributed by atoms with Crippen LogP contribution in [0.3, 0.4) is 0 Å². The number of benzene rings is 2. The van der Waals surface area contributed by atoms with Gasteiger partial charge in [-0.05, 0) is 35.7 Å². The van der Waals surface area contributed by atoms with E-state index in [1.54, 1.807) is 18.2 Å². The summed E-state index contributed by atoms with van der Waals surface area (Å²) in [6.45, 7) is 2.81. The number of rotatable bonds is 5. The number of anilines is 1. The van der Waals surface area contributed by atoms with Gasteiger partial charge in [-0.3, -0.25) is 0 Å². The SMILES string of the molecule is CCc1ccc(CNc2cccc(S(C)(=O)=O)c2)cc1. The van der Waals surface area contributed by atoms with Gasteiger partial charge in [0.15, 0.2) is 9.84 Å². The van der Waals surface area contributed by atoms with Crippen molar-refractivity contribution in [2.75, 3.05) is 11.6 Å². The van der Waals surface area contributed by atoms with E-state index in [-0.39, 0.29) is 0 Å². The molecule has 3 nitrogen and oxygen atoms in total. The molecule has 2 aromatic rings. The Hall–Kier alpha value is -1.81. The third kappa shape index (κ3) is 3.84. The van der Waals surface area contributed by atoms with Crippen molar-refractivity contribution in [3.63, 3.8) is 0 Å². The summed E-state index contributed by atoms with van der Waals surface area (Å²) in [6, 6.07) is 15.3. The summed E-state index contributed by atoms with van der Waals surface area (Å²) in [5.41, 5.74) is 3.30. The Labute approximate surface area is 120 Å². The summed E-state index contributed by atoms with van der Waals surface area (Å²) >= 11 is 0. The standard InChI is InChI=1S/C16H19NO2S/c1-3-13-7-9-14(10-8-13)12-17-15-5-4-6-16(11-15)20(2,18)19/h4-11,17H,3,12H2,1-2H3. The maximum absolute atomic E-state index is 11.5. The molecule has 0 aliphatic heterocycles. The highest BCUT2D eigenvalue weighted by Crippen LogP contribution is 2.16. The van der Waals surface area contributed by atoms with Crippen molar-refractivity contribution in [3.05, 3.63) is 59.7 Å². The van der Waals surface area contributed by atoms with Crippen molar-refractivity contribution in [1.29, 1.82) is 0 Å². The second kappa shape index (κ2) is 6.09. The van der Waals surface area contributed by atoms with E-state index in [2.05, 4.69) is 36.5 Å². The maximum Gasteiger partial charge on any atom is 0.175 e. The Morgan fingerprint density at radius 1 is 1.00 bits per heavy atom. The van der Waals surface area contributed by atoms with Gasteiger partial charge in [0.25, 0.3) is 0 Å². The van der Waals surface area contributed by atoms with E-state index in [9.17, 15) is 8.42 Å². The predicted molar refractivity (Wildman–Crippen MR) is 82.7 cm³/mol. The minimum atomic E-state index is -3.16. The molecule has 0 saturated carbocycles. The molecule has 0 unspecified atom stereocenters. The van der Waals surface area contributed by atoms with Gasteiger partial charge in [-0.2, -0.15) is 0 Å². The largest absolute Gasteiger partial charge is 0.381 e. The van der Waals surface area contributed by atoms with E-state index in [0.717, 1.165) is 12.1 Å². The van der Waals surface area contributed by atoms with Crippen LogP contribution >= 0.6 is 0 Å². The predicted octanol–water partition coefficient (Wildman–Crippen LogP) is 3.26. The van der Waals surface area contributed by atoms with Gasteiger partial charge >= 0.3 is 0 Å². The lowest BCUT2D eigenvalue weighted by Gasteiger charge is -2.08. The molecule has 0 fully saturated rings. The molecule has 0 heterocycles. The van der Waals surface area contributed by atoms with E-state index in [0.29, 0.717) is 11.4 Å². The fourth-order valence-electron chi connectivity index (χ4n) is 1.93. The van der Waals surface area contributed by atoms with E-state index in [1.165, 1.54) is 17.4 Å². The number of sulfone groups is 1. The molecular weight excluding hydrogens is 270 g/mol. The van der Waals surface area contributed by atoms with Gasteiger partial charge in [0.1, 0.15) is 0 Å². The van der Waals surface area contributed by atoms with Crippen LogP contribution in [0.15, 0.2) is 53.4 Å². The summed E-state index contributed by atoms with van der Waals surface area (Å²) in [5, 5.41) is 3.25. The first-order chi connectivity index (χ1) is 9.49. The molecule has 2 rings (SSSR count). The topological polar surface area (TPSA) is 46.2 Å². The van der Waals surface area contributed by atoms with Gasteiger partial charge < -0.3 is 5.32 Å². The fourth-order valence-corrected chi connectivity index (χ4v) is 2.60. The molecular formula is C16H19NO2S. The van der Waals surface area contributed by atoms with Gasteiger partial charge in [0.2, 0.25) is 0 Å². The molecule has 1 N–H and O–H groups in total. The monoisotopic (exact) mass is 289 g/mol. The first kappa shape index (κ1) is 14.6. The maximum atomic E-state index is 11.5. The zero-order chi connectivity index (χ0) is 14.6. The lowest BCUT2D eigenvalue weighted by atomic mass is 10.1. The van der Waals surface area contributed by atoms with Crippen LogP contribution in [-0.4, -0.2) is 14.7 Å². The van der Waals surface area contributed by atoms with Crippen LogP contribution in [0.25, 0.3) is 0 Å². The van der Waals surface area contributed by atoms with Crippen molar-refractivity contribution in [3.8, 4) is 0 Å². The summed E-state index contributed by atoms with van der Waals surface area (Å²) in [6.07, 6.45) is 2.25. The van der Waals surface area contributed by atoms with Gasteiger partial charge in [-0.15, -0.1) is 0 Å². The Morgan fingerprint density at radius 2 is 1.65 bits per heavy atom. The molecule has 0 atom stereocenters. The van der Waals surface area contributed by atoms with Crippen LogP contribution in [0.5, 0.6) is 0 Å². The molecule has 2 aromatic carbocycles. The molecule has 0 aliphatic carbocycles. The highest BCUT2D eigenvalue weighted by Gasteiger charge is 2.06. The average molecular weight is 289 g/mol. The molecule has 0 saturated heterocycles. The van der Waals surface area contributed by atoms with Crippen LogP contribution < -0.4 is 5.32 Å². The zero-order valence-corrected chi connectivity index (χ0v) is 12.6. The quantitative estimate of drug-likeness (QED) is 0.919. The van der Waals surface area contributed by atoms with E-state index in [4.69, 9.17) is 0 Å². The van der Waals surface area contributed by atoms with Crippen molar-refractivity contribution in [1.82, 2.24) is 0 Å². The highest BCUT2D eigenvalue weighted by molar-refractivity contribution is 7.90. The lowest BCUT2D eigenvalue weighted by Crippen LogP contribution is -2.02. The van der Waals surface area contributed by atoms with Crippen LogP contribution in [0, 0.1) is 0 Å². The average Bonchev–Trinajstić information content (AvgIpc) is 2.45. The van der Waals surface area contributed by atoms with Gasteiger partial charge in [-0.1, -0.05) is 37.3 Å². The molecule has 0 amide bonds. The minimum Gasteiger partial charge on any atom is -0.381 e. The summed E-state index contributed by atoms with van der Waals surface area (Å²) in [5.74, 6) is 0. The third-order valence-corrected chi connectivity index (χ3v) is 4.30. The molecule has 106 valence electrons. The van der Waals surface area contributed by atoms with Crippen LogP contribution in [0.2, 0.25) is 0 Å². The Balaban J connectivity index is 2.07. The summed E-state index contributed by atoms with van der Waals surface area (Å²) < 4.78 is 23.0. The zero-order valence-electron chi connectivity index (χ0n) is 11.8.